The van der Waals surface area contributed by atoms with Gasteiger partial charge in [-0.3, -0.25) is 9.88 Å². The van der Waals surface area contributed by atoms with E-state index < -0.39 is 35.7 Å². The molecule has 2 N–H and O–H groups in total. The fourth-order valence-corrected chi connectivity index (χ4v) is 5.47. The molecule has 1 fully saturated rings. The fourth-order valence-electron chi connectivity index (χ4n) is 5.47. The van der Waals surface area contributed by atoms with Gasteiger partial charge in [0.2, 0.25) is 0 Å². The van der Waals surface area contributed by atoms with Gasteiger partial charge in [-0.2, -0.15) is 0 Å². The van der Waals surface area contributed by atoms with Crippen molar-refractivity contribution in [3.63, 3.8) is 0 Å². The lowest BCUT2D eigenvalue weighted by atomic mass is 9.93. The molecule has 41 heavy (non-hydrogen) atoms. The van der Waals surface area contributed by atoms with Crippen LogP contribution in [0.1, 0.15) is 57.7 Å². The van der Waals surface area contributed by atoms with Crippen LogP contribution >= 0.6 is 0 Å². The van der Waals surface area contributed by atoms with Gasteiger partial charge in [-0.15, -0.1) is 0 Å². The standard InChI is InChI=1S/C33H41N3O5/c1-22-16-17-34-27(18-22)25-14-12-24(13-15-25)20-28-29(40-33(5,6)36(28)31(38)39)21-26(19-23-10-8-7-9-11-23)35-30(37)41-32(2,3)4/h7-18,26,28-29H,19-21H2,1-6H3,(H,35,37)(H,38,39)/t26-,28-,29-/m0/s1. The van der Waals surface area contributed by atoms with Gasteiger partial charge < -0.3 is 19.9 Å². The van der Waals surface area contributed by atoms with Gasteiger partial charge in [0, 0.05) is 17.8 Å². The maximum Gasteiger partial charge on any atom is 0.409 e. The van der Waals surface area contributed by atoms with Crippen LogP contribution in [0.2, 0.25) is 0 Å². The number of carboxylic acid groups (broad SMARTS) is 1. The second-order valence-electron chi connectivity index (χ2n) is 12.2. The Morgan fingerprint density at radius 2 is 1.76 bits per heavy atom. The Labute approximate surface area is 242 Å². The summed E-state index contributed by atoms with van der Waals surface area (Å²) in [6.45, 7) is 11.0. The zero-order chi connectivity index (χ0) is 29.8. The lowest BCUT2D eigenvalue weighted by Gasteiger charge is -2.31. The Morgan fingerprint density at radius 3 is 2.37 bits per heavy atom. The topological polar surface area (TPSA) is 101 Å². The van der Waals surface area contributed by atoms with Crippen molar-refractivity contribution in [1.29, 1.82) is 0 Å². The van der Waals surface area contributed by atoms with Crippen LogP contribution in [0.15, 0.2) is 72.9 Å². The molecule has 2 aromatic carbocycles. The Bertz CT molecular complexity index is 1330. The van der Waals surface area contributed by atoms with E-state index in [1.807, 2.05) is 94.4 Å². The predicted molar refractivity (Wildman–Crippen MR) is 159 cm³/mol. The van der Waals surface area contributed by atoms with Crippen LogP contribution in [0.3, 0.4) is 0 Å². The normalized spacial score (nSPS) is 19.0. The quantitative estimate of drug-likeness (QED) is 0.322. The van der Waals surface area contributed by atoms with Gasteiger partial charge in [-0.25, -0.2) is 9.59 Å². The third-order valence-corrected chi connectivity index (χ3v) is 7.16. The van der Waals surface area contributed by atoms with E-state index in [1.165, 1.54) is 4.90 Å². The number of aromatic nitrogens is 1. The Morgan fingerprint density at radius 1 is 1.07 bits per heavy atom. The van der Waals surface area contributed by atoms with Gasteiger partial charge in [0.1, 0.15) is 11.3 Å². The molecule has 3 atom stereocenters. The third kappa shape index (κ3) is 8.07. The smallest absolute Gasteiger partial charge is 0.409 e. The molecule has 0 saturated carbocycles. The highest BCUT2D eigenvalue weighted by molar-refractivity contribution is 5.68. The number of amides is 2. The van der Waals surface area contributed by atoms with Crippen molar-refractivity contribution in [2.75, 3.05) is 0 Å². The molecular weight excluding hydrogens is 518 g/mol. The first-order valence-electron chi connectivity index (χ1n) is 14.1. The van der Waals surface area contributed by atoms with Gasteiger partial charge in [-0.05, 0) is 89.6 Å². The van der Waals surface area contributed by atoms with Gasteiger partial charge >= 0.3 is 12.2 Å². The van der Waals surface area contributed by atoms with Crippen molar-refractivity contribution in [3.05, 3.63) is 89.6 Å². The number of benzene rings is 2. The highest BCUT2D eigenvalue weighted by Gasteiger charge is 2.50. The van der Waals surface area contributed by atoms with E-state index in [4.69, 9.17) is 9.47 Å². The van der Waals surface area contributed by atoms with Crippen molar-refractivity contribution in [3.8, 4) is 11.3 Å². The predicted octanol–water partition coefficient (Wildman–Crippen LogP) is 6.61. The molecule has 2 heterocycles. The first-order chi connectivity index (χ1) is 19.3. The van der Waals surface area contributed by atoms with Crippen LogP contribution in [0.25, 0.3) is 11.3 Å². The zero-order valence-corrected chi connectivity index (χ0v) is 24.8. The molecule has 3 aromatic rings. The maximum atomic E-state index is 12.8. The van der Waals surface area contributed by atoms with Crippen LogP contribution in [0.5, 0.6) is 0 Å². The van der Waals surface area contributed by atoms with E-state index >= 15 is 0 Å². The number of alkyl carbamates (subject to hydrolysis) is 1. The summed E-state index contributed by atoms with van der Waals surface area (Å²) in [5.41, 5.74) is 3.39. The van der Waals surface area contributed by atoms with Crippen molar-refractivity contribution < 1.29 is 24.2 Å². The number of rotatable bonds is 8. The van der Waals surface area contributed by atoms with Crippen LogP contribution in [-0.4, -0.2) is 56.7 Å². The minimum Gasteiger partial charge on any atom is -0.465 e. The van der Waals surface area contributed by atoms with Crippen LogP contribution in [-0.2, 0) is 22.3 Å². The molecule has 1 aliphatic heterocycles. The van der Waals surface area contributed by atoms with Gasteiger partial charge in [-0.1, -0.05) is 54.6 Å². The second-order valence-corrected chi connectivity index (χ2v) is 12.2. The zero-order valence-electron chi connectivity index (χ0n) is 24.8. The van der Waals surface area contributed by atoms with Crippen molar-refractivity contribution >= 4 is 12.2 Å². The molecule has 2 amide bonds. The number of carbonyl (C=O) groups excluding carboxylic acids is 1. The molecule has 1 saturated heterocycles. The number of ether oxygens (including phenoxy) is 2. The molecule has 1 aliphatic rings. The number of pyridine rings is 1. The molecule has 4 rings (SSSR count). The number of carbonyl (C=O) groups is 2. The summed E-state index contributed by atoms with van der Waals surface area (Å²) in [5, 5.41) is 13.2. The molecule has 0 bridgehead atoms. The Balaban J connectivity index is 1.58. The summed E-state index contributed by atoms with van der Waals surface area (Å²) in [6, 6.07) is 21.2. The number of nitrogens with one attached hydrogen (secondary N) is 1. The van der Waals surface area contributed by atoms with Crippen LogP contribution in [0, 0.1) is 6.92 Å². The van der Waals surface area contributed by atoms with Crippen molar-refractivity contribution in [1.82, 2.24) is 15.2 Å². The van der Waals surface area contributed by atoms with E-state index in [0.29, 0.717) is 19.3 Å². The average molecular weight is 560 g/mol. The molecule has 1 aromatic heterocycles. The Kier molecular flexibility index (Phi) is 9.02. The van der Waals surface area contributed by atoms with Crippen molar-refractivity contribution in [2.45, 2.75) is 90.3 Å². The summed E-state index contributed by atoms with van der Waals surface area (Å²) in [6.07, 6.45) is 1.22. The number of nitrogens with zero attached hydrogens (tertiary/aromatic N) is 2. The lowest BCUT2D eigenvalue weighted by Crippen LogP contribution is -2.49. The summed E-state index contributed by atoms with van der Waals surface area (Å²) in [5.74, 6) is 0. The number of hydrogen-bond acceptors (Lipinski definition) is 5. The monoisotopic (exact) mass is 559 g/mol. The highest BCUT2D eigenvalue weighted by Crippen LogP contribution is 2.36. The van der Waals surface area contributed by atoms with Crippen LogP contribution < -0.4 is 5.32 Å². The summed E-state index contributed by atoms with van der Waals surface area (Å²) >= 11 is 0. The average Bonchev–Trinajstić information content (AvgIpc) is 3.12. The van der Waals surface area contributed by atoms with E-state index in [0.717, 1.165) is 27.9 Å². The summed E-state index contributed by atoms with van der Waals surface area (Å²) < 4.78 is 12.0. The van der Waals surface area contributed by atoms with Gasteiger partial charge in [0.15, 0.2) is 0 Å². The third-order valence-electron chi connectivity index (χ3n) is 7.16. The van der Waals surface area contributed by atoms with E-state index in [1.54, 1.807) is 20.0 Å². The van der Waals surface area contributed by atoms with E-state index in [9.17, 15) is 14.7 Å². The lowest BCUT2D eigenvalue weighted by molar-refractivity contribution is -0.0695. The maximum absolute atomic E-state index is 12.8. The SMILES string of the molecule is Cc1ccnc(-c2ccc(C[C@H]3[C@H](C[C@H](Cc4ccccc4)NC(=O)OC(C)(C)C)OC(C)(C)N3C(=O)O)cc2)c1. The first-order valence-corrected chi connectivity index (χ1v) is 14.1. The highest BCUT2D eigenvalue weighted by atomic mass is 16.6. The number of hydrogen-bond donors (Lipinski definition) is 2. The van der Waals surface area contributed by atoms with E-state index in [2.05, 4.69) is 10.3 Å². The minimum absolute atomic E-state index is 0.334. The minimum atomic E-state index is -1.04. The fraction of sp³-hybridized carbons (Fsp3) is 0.424. The Hall–Kier alpha value is -3.91. The molecule has 0 spiro atoms. The molecule has 8 heteroatoms. The van der Waals surface area contributed by atoms with Crippen molar-refractivity contribution in [2.24, 2.45) is 0 Å². The molecular formula is C33H41N3O5. The molecule has 0 aliphatic carbocycles. The number of aryl methyl sites for hydroxylation is 1. The largest absolute Gasteiger partial charge is 0.465 e. The summed E-state index contributed by atoms with van der Waals surface area (Å²) in [7, 11) is 0. The molecule has 0 unspecified atom stereocenters. The van der Waals surface area contributed by atoms with Gasteiger partial charge in [0.05, 0.1) is 17.8 Å². The summed E-state index contributed by atoms with van der Waals surface area (Å²) in [4.78, 5) is 31.2. The van der Waals surface area contributed by atoms with E-state index in [-0.39, 0.29) is 6.04 Å². The molecule has 218 valence electrons. The first kappa shape index (κ1) is 30.1. The molecule has 0 radical (unpaired) electrons. The second kappa shape index (κ2) is 12.3. The van der Waals surface area contributed by atoms with Gasteiger partial charge in [0.25, 0.3) is 0 Å². The molecule has 8 nitrogen and oxygen atoms in total. The van der Waals surface area contributed by atoms with Crippen LogP contribution in [0.4, 0.5) is 9.59 Å².